The number of nitrogens with one attached hydrogen (secondary N) is 2. The lowest BCUT2D eigenvalue weighted by molar-refractivity contribution is -0.989. The van der Waals surface area contributed by atoms with Crippen LogP contribution in [-0.4, -0.2) is 61.2 Å². The summed E-state index contributed by atoms with van der Waals surface area (Å²) in [4.78, 5) is 23.8. The molecule has 2 bridgehead atoms. The van der Waals surface area contributed by atoms with E-state index in [-0.39, 0.29) is 16.3 Å². The van der Waals surface area contributed by atoms with E-state index in [0.29, 0.717) is 26.2 Å². The van der Waals surface area contributed by atoms with Crippen molar-refractivity contribution in [1.82, 2.24) is 0 Å². The zero-order chi connectivity index (χ0) is 12.8. The average molecular weight is 246 g/mol. The summed E-state index contributed by atoms with van der Waals surface area (Å²) < 4.78 is 0. The largest absolute Gasteiger partial charge is 0.325 e. The van der Waals surface area contributed by atoms with Crippen molar-refractivity contribution in [1.29, 1.82) is 0 Å². The molecule has 17 heavy (non-hydrogen) atoms. The molecule has 0 atom stereocenters. The van der Waals surface area contributed by atoms with Crippen LogP contribution in [0.2, 0.25) is 0 Å². The van der Waals surface area contributed by atoms with Gasteiger partial charge in [-0.25, -0.2) is 0 Å². The van der Waals surface area contributed by atoms with Crippen LogP contribution >= 0.6 is 0 Å². The van der Waals surface area contributed by atoms with Gasteiger partial charge in [0.1, 0.15) is 6.42 Å². The number of hydrogen-bond acceptors (Lipinski definition) is 4. The Morgan fingerprint density at radius 2 is 1.18 bits per heavy atom. The van der Waals surface area contributed by atoms with Crippen LogP contribution < -0.4 is 9.80 Å². The number of likely N-dealkylation sites (tertiary alicyclic amines) is 2. The molecular formula is C9H18N4O4+2. The Balaban J connectivity index is 2.42. The topological polar surface area (TPSA) is 95.2 Å². The lowest BCUT2D eigenvalue weighted by Gasteiger charge is -2.43. The first-order valence-corrected chi connectivity index (χ1v) is 5.71. The molecule has 0 aromatic rings. The van der Waals surface area contributed by atoms with Gasteiger partial charge in [-0.3, -0.25) is 20.2 Å². The molecule has 0 unspecified atom stereocenters. The van der Waals surface area contributed by atoms with Crippen molar-refractivity contribution in [3.05, 3.63) is 20.2 Å². The highest BCUT2D eigenvalue weighted by atomic mass is 16.6. The van der Waals surface area contributed by atoms with Gasteiger partial charge >= 0.3 is 11.1 Å². The second-order valence-electron chi connectivity index (χ2n) is 5.76. The number of hydrogen-bond donors (Lipinski definition) is 2. The molecule has 8 nitrogen and oxygen atoms in total. The third-order valence-electron chi connectivity index (χ3n) is 3.96. The Kier molecular flexibility index (Phi) is 2.58. The maximum absolute atomic E-state index is 11.3. The van der Waals surface area contributed by atoms with E-state index >= 15 is 0 Å². The van der Waals surface area contributed by atoms with Crippen LogP contribution in [0.3, 0.4) is 0 Å². The number of quaternary nitrogens is 2. The molecule has 2 aliphatic rings. The summed E-state index contributed by atoms with van der Waals surface area (Å²) >= 11 is 0. The van der Waals surface area contributed by atoms with E-state index in [2.05, 4.69) is 0 Å². The first-order valence-electron chi connectivity index (χ1n) is 5.71. The van der Waals surface area contributed by atoms with Crippen molar-refractivity contribution in [2.24, 2.45) is 0 Å². The Morgan fingerprint density at radius 1 is 0.882 bits per heavy atom. The lowest BCUT2D eigenvalue weighted by Crippen LogP contribution is -3.25. The van der Waals surface area contributed by atoms with Crippen LogP contribution in [0.1, 0.15) is 6.42 Å². The fraction of sp³-hybridized carbons (Fsp3) is 1.00. The van der Waals surface area contributed by atoms with Gasteiger partial charge in [0, 0.05) is 9.85 Å². The van der Waals surface area contributed by atoms with Crippen molar-refractivity contribution in [3.63, 3.8) is 0 Å². The van der Waals surface area contributed by atoms with Crippen LogP contribution in [-0.2, 0) is 0 Å². The predicted molar refractivity (Wildman–Crippen MR) is 57.3 cm³/mol. The summed E-state index contributed by atoms with van der Waals surface area (Å²) in [5.74, 6) is 0. The molecular weight excluding hydrogens is 228 g/mol. The summed E-state index contributed by atoms with van der Waals surface area (Å²) in [6.07, 6.45) is 0.0781. The molecule has 2 N–H and O–H groups in total. The van der Waals surface area contributed by atoms with Crippen LogP contribution in [0, 0.1) is 20.2 Å². The highest BCUT2D eigenvalue weighted by Gasteiger charge is 2.70. The standard InChI is InChI=1S/C9H16N4O4/c1-10-4-8(12(14)15)3-9(5-10,13(16)17)7-11(2)6-8/h3-7H2,1-2H3/p+2. The number of nitrogens with zero attached hydrogens (tertiary/aromatic N) is 2. The zero-order valence-electron chi connectivity index (χ0n) is 10.1. The van der Waals surface area contributed by atoms with Gasteiger partial charge in [-0.2, -0.15) is 0 Å². The Bertz CT molecular complexity index is 326. The molecule has 0 amide bonds. The minimum absolute atomic E-state index is 0.0781. The first-order chi connectivity index (χ1) is 7.80. The third kappa shape index (κ3) is 1.77. The molecule has 2 rings (SSSR count). The van der Waals surface area contributed by atoms with Gasteiger partial charge in [0.2, 0.25) is 0 Å². The fourth-order valence-electron chi connectivity index (χ4n) is 3.75. The summed E-state index contributed by atoms with van der Waals surface area (Å²) in [5.41, 5.74) is -2.25. The molecule has 0 aromatic carbocycles. The van der Waals surface area contributed by atoms with Gasteiger partial charge < -0.3 is 9.80 Å². The van der Waals surface area contributed by atoms with E-state index in [9.17, 15) is 20.2 Å². The van der Waals surface area contributed by atoms with Gasteiger partial charge in [-0.1, -0.05) is 0 Å². The molecule has 96 valence electrons. The van der Waals surface area contributed by atoms with Gasteiger partial charge in [-0.05, 0) is 0 Å². The Labute approximate surface area is 98.5 Å². The molecule has 0 saturated carbocycles. The van der Waals surface area contributed by atoms with E-state index in [1.807, 2.05) is 0 Å². The Morgan fingerprint density at radius 3 is 1.41 bits per heavy atom. The molecule has 2 fully saturated rings. The van der Waals surface area contributed by atoms with E-state index in [0.717, 1.165) is 9.80 Å². The summed E-state index contributed by atoms with van der Waals surface area (Å²) in [6, 6.07) is 0. The average Bonchev–Trinajstić information content (AvgIpc) is 2.14. The zero-order valence-corrected chi connectivity index (χ0v) is 10.1. The molecule has 0 aliphatic carbocycles. The quantitative estimate of drug-likeness (QED) is 0.390. The van der Waals surface area contributed by atoms with E-state index in [1.165, 1.54) is 0 Å². The van der Waals surface area contributed by atoms with Crippen molar-refractivity contribution in [3.8, 4) is 0 Å². The highest BCUT2D eigenvalue weighted by Crippen LogP contribution is 2.28. The predicted octanol–water partition coefficient (Wildman–Crippen LogP) is -3.54. The van der Waals surface area contributed by atoms with E-state index in [4.69, 9.17) is 0 Å². The number of rotatable bonds is 2. The number of fused-ring (bicyclic) bond motifs is 2. The minimum atomic E-state index is -1.13. The van der Waals surface area contributed by atoms with Crippen molar-refractivity contribution >= 4 is 0 Å². The van der Waals surface area contributed by atoms with Gasteiger partial charge in [-0.15, -0.1) is 0 Å². The third-order valence-corrected chi connectivity index (χ3v) is 3.96. The van der Waals surface area contributed by atoms with E-state index < -0.39 is 11.1 Å². The van der Waals surface area contributed by atoms with Crippen LogP contribution in [0.25, 0.3) is 0 Å². The normalized spacial score (nSPS) is 45.3. The second kappa shape index (κ2) is 3.61. The van der Waals surface area contributed by atoms with Gasteiger partial charge in [0.15, 0.2) is 26.2 Å². The molecule has 2 heterocycles. The highest BCUT2D eigenvalue weighted by molar-refractivity contribution is 4.96. The molecule has 0 spiro atoms. The van der Waals surface area contributed by atoms with Gasteiger partial charge in [0.25, 0.3) is 0 Å². The van der Waals surface area contributed by atoms with Crippen LogP contribution in [0.4, 0.5) is 0 Å². The van der Waals surface area contributed by atoms with Crippen molar-refractivity contribution < 1.29 is 19.6 Å². The summed E-state index contributed by atoms with van der Waals surface area (Å²) in [6.45, 7) is 1.53. The lowest BCUT2D eigenvalue weighted by atomic mass is 9.74. The van der Waals surface area contributed by atoms with Gasteiger partial charge in [0.05, 0.1) is 14.1 Å². The van der Waals surface area contributed by atoms with E-state index in [1.54, 1.807) is 14.1 Å². The molecule has 0 radical (unpaired) electrons. The Hall–Kier alpha value is -1.28. The number of likely N-dealkylation sites (N-methyl/N-ethyl adjacent to an activating group) is 2. The van der Waals surface area contributed by atoms with Crippen LogP contribution in [0.15, 0.2) is 0 Å². The molecule has 2 aliphatic heterocycles. The number of piperidine rings is 2. The first kappa shape index (κ1) is 12.2. The molecule has 2 saturated heterocycles. The minimum Gasteiger partial charge on any atom is -0.325 e. The fourth-order valence-corrected chi connectivity index (χ4v) is 3.75. The summed E-state index contributed by atoms with van der Waals surface area (Å²) in [5, 5.41) is 22.6. The second-order valence-corrected chi connectivity index (χ2v) is 5.76. The molecule has 8 heteroatoms. The van der Waals surface area contributed by atoms with Crippen molar-refractivity contribution in [2.75, 3.05) is 40.3 Å². The number of nitro groups is 2. The van der Waals surface area contributed by atoms with Crippen molar-refractivity contribution in [2.45, 2.75) is 17.5 Å². The maximum Gasteiger partial charge on any atom is 0.324 e. The molecule has 0 aromatic heterocycles. The van der Waals surface area contributed by atoms with Crippen LogP contribution in [0.5, 0.6) is 0 Å². The monoisotopic (exact) mass is 246 g/mol. The summed E-state index contributed by atoms with van der Waals surface area (Å²) in [7, 11) is 3.60. The SMILES string of the molecule is C[NH+]1CC2([N+](=O)[O-])C[NH+](C)CC([N+](=O)[O-])(C1)C2. The smallest absolute Gasteiger partial charge is 0.324 e. The maximum atomic E-state index is 11.3.